The van der Waals surface area contributed by atoms with Crippen LogP contribution in [0.4, 0.5) is 17.2 Å². The molecule has 16 nitrogen and oxygen atoms in total. The predicted octanol–water partition coefficient (Wildman–Crippen LogP) is 4.75. The fourth-order valence-corrected chi connectivity index (χ4v) is 9.79. The van der Waals surface area contributed by atoms with Crippen LogP contribution in [0.1, 0.15) is 55.6 Å². The second kappa shape index (κ2) is 18.9. The Morgan fingerprint density at radius 3 is 2.22 bits per heavy atom. The van der Waals surface area contributed by atoms with E-state index in [4.69, 9.17) is 19.6 Å². The highest BCUT2D eigenvalue weighted by Gasteiger charge is 2.34. The number of imide groups is 1. The maximum atomic E-state index is 13.4. The summed E-state index contributed by atoms with van der Waals surface area (Å²) in [6.07, 6.45) is 11.1. The summed E-state index contributed by atoms with van der Waals surface area (Å²) < 4.78 is 7.83. The maximum absolute atomic E-state index is 13.4. The minimum atomic E-state index is -0.393. The number of hydrogen-bond acceptors (Lipinski definition) is 12. The number of anilines is 3. The molecule has 5 fully saturated rings. The monoisotopic (exact) mass is 864 g/mol. The van der Waals surface area contributed by atoms with Gasteiger partial charge in [-0.3, -0.25) is 29.4 Å². The lowest BCUT2D eigenvalue weighted by Gasteiger charge is -2.38. The molecular formula is C48H52N10O6. The Labute approximate surface area is 371 Å². The van der Waals surface area contributed by atoms with E-state index in [0.29, 0.717) is 44.0 Å². The third kappa shape index (κ3) is 9.27. The summed E-state index contributed by atoms with van der Waals surface area (Å²) in [7, 11) is 0. The third-order valence-corrected chi connectivity index (χ3v) is 13.3. The van der Waals surface area contributed by atoms with Gasteiger partial charge in [-0.05, 0) is 105 Å². The predicted molar refractivity (Wildman–Crippen MR) is 241 cm³/mol. The number of piperidine rings is 2. The Bertz CT molecular complexity index is 2510. The highest BCUT2D eigenvalue weighted by atomic mass is 16.5. The van der Waals surface area contributed by atoms with Crippen LogP contribution in [0, 0.1) is 11.3 Å². The molecule has 3 amide bonds. The summed E-state index contributed by atoms with van der Waals surface area (Å²) in [6.45, 7) is 6.62. The van der Waals surface area contributed by atoms with Crippen LogP contribution in [0.25, 0.3) is 27.8 Å². The SMILES string of the molecule is N#Cc1cnn2cc(-c3ccc(N4CCN(C(=O)CN5CCC(c6ccc(NC7CCC(=O)NC7=O)cc6)CC5)CC4)cc3)cc(-c3ccc(N4CC5CCC(C4)O5)nc3)c12.O=CO. The van der Waals surface area contributed by atoms with Crippen LogP contribution >= 0.6 is 0 Å². The van der Waals surface area contributed by atoms with E-state index in [9.17, 15) is 19.6 Å². The van der Waals surface area contributed by atoms with Crippen LogP contribution in [-0.2, 0) is 23.9 Å². The Balaban J connectivity index is 0.00000168. The Morgan fingerprint density at radius 2 is 1.56 bits per heavy atom. The molecule has 16 heteroatoms. The quantitative estimate of drug-likeness (QED) is 0.136. The number of likely N-dealkylation sites (tertiary alicyclic amines) is 1. The summed E-state index contributed by atoms with van der Waals surface area (Å²) in [4.78, 5) is 59.2. The van der Waals surface area contributed by atoms with Crippen molar-refractivity contribution in [1.82, 2.24) is 29.7 Å². The molecule has 3 N–H and O–H groups in total. The molecule has 2 aromatic carbocycles. The van der Waals surface area contributed by atoms with Gasteiger partial charge in [0.05, 0.1) is 36.0 Å². The van der Waals surface area contributed by atoms with Crippen molar-refractivity contribution in [3.63, 3.8) is 0 Å². The largest absolute Gasteiger partial charge is 0.483 e. The number of ether oxygens (including phenoxy) is 1. The summed E-state index contributed by atoms with van der Waals surface area (Å²) in [5.41, 5.74) is 8.45. The zero-order chi connectivity index (χ0) is 44.2. The van der Waals surface area contributed by atoms with Gasteiger partial charge in [0, 0.05) is 86.1 Å². The van der Waals surface area contributed by atoms with Gasteiger partial charge in [-0.1, -0.05) is 24.3 Å². The number of morpholine rings is 1. The van der Waals surface area contributed by atoms with E-state index in [1.165, 1.54) is 5.56 Å². The lowest BCUT2D eigenvalue weighted by molar-refractivity contribution is -0.134. The second-order valence-corrected chi connectivity index (χ2v) is 17.2. The lowest BCUT2D eigenvalue weighted by atomic mass is 9.89. The molecule has 0 radical (unpaired) electrons. The number of piperazine rings is 1. The fourth-order valence-electron chi connectivity index (χ4n) is 9.79. The molecule has 5 saturated heterocycles. The second-order valence-electron chi connectivity index (χ2n) is 17.2. The van der Waals surface area contributed by atoms with Gasteiger partial charge in [0.1, 0.15) is 17.9 Å². The first-order chi connectivity index (χ1) is 31.2. The number of nitrogens with zero attached hydrogens (tertiary/aromatic N) is 8. The van der Waals surface area contributed by atoms with Crippen molar-refractivity contribution in [3.8, 4) is 28.3 Å². The average Bonchev–Trinajstić information content (AvgIpc) is 3.91. The van der Waals surface area contributed by atoms with Crippen LogP contribution < -0.4 is 20.4 Å². The van der Waals surface area contributed by atoms with Crippen molar-refractivity contribution in [2.45, 2.75) is 62.7 Å². The standard InChI is InChI=1S/C47H50N10O4.CH2O2/c48-24-36-26-50-57-27-35(23-41(46(36)57)34-5-13-43(49-25-34)56-28-39-10-11-40(29-56)61-39)32-3-8-38(9-4-32)54-19-21-55(22-20-54)45(59)30-53-17-15-33(16-18-53)31-1-6-37(7-2-31)51-42-12-14-44(58)52-47(42)60;2-1-3/h1-9,13,23,25-27,33,39-40,42,51H,10-12,14-22,28-30H2,(H,52,58,60);1H,(H,2,3). The van der Waals surface area contributed by atoms with E-state index in [1.54, 1.807) is 10.7 Å². The molecule has 330 valence electrons. The normalized spacial score (nSPS) is 21.5. The number of aromatic nitrogens is 3. The first-order valence-electron chi connectivity index (χ1n) is 22.2. The van der Waals surface area contributed by atoms with Gasteiger partial charge in [0.25, 0.3) is 6.47 Å². The van der Waals surface area contributed by atoms with E-state index < -0.39 is 6.04 Å². The highest BCUT2D eigenvalue weighted by Crippen LogP contribution is 2.35. The van der Waals surface area contributed by atoms with Crippen molar-refractivity contribution in [3.05, 3.63) is 96.4 Å². The number of pyridine rings is 2. The fraction of sp³-hybridized carbons (Fsp3) is 0.396. The van der Waals surface area contributed by atoms with Crippen LogP contribution in [0.5, 0.6) is 0 Å². The number of carbonyl (C=O) groups excluding carboxylic acids is 3. The van der Waals surface area contributed by atoms with E-state index in [0.717, 1.165) is 110 Å². The molecule has 3 atom stereocenters. The summed E-state index contributed by atoms with van der Waals surface area (Å²) in [5, 5.41) is 27.0. The maximum Gasteiger partial charge on any atom is 0.290 e. The van der Waals surface area contributed by atoms with Crippen LogP contribution in [0.2, 0.25) is 0 Å². The molecule has 0 saturated carbocycles. The molecule has 5 aromatic rings. The van der Waals surface area contributed by atoms with Gasteiger partial charge in [-0.25, -0.2) is 9.50 Å². The van der Waals surface area contributed by atoms with Gasteiger partial charge in [-0.2, -0.15) is 10.4 Å². The van der Waals surface area contributed by atoms with E-state index >= 15 is 0 Å². The third-order valence-electron chi connectivity index (χ3n) is 13.3. The number of benzene rings is 2. The highest BCUT2D eigenvalue weighted by molar-refractivity contribution is 6.01. The Morgan fingerprint density at radius 1 is 0.859 bits per heavy atom. The van der Waals surface area contributed by atoms with Crippen molar-refractivity contribution >= 4 is 46.9 Å². The van der Waals surface area contributed by atoms with Gasteiger partial charge < -0.3 is 29.9 Å². The Hall–Kier alpha value is -6.83. The molecule has 3 aromatic heterocycles. The minimum Gasteiger partial charge on any atom is -0.483 e. The molecular weight excluding hydrogens is 813 g/mol. The molecule has 2 bridgehead atoms. The first kappa shape index (κ1) is 42.5. The minimum absolute atomic E-state index is 0.194. The molecule has 8 heterocycles. The van der Waals surface area contributed by atoms with Crippen molar-refractivity contribution in [2.75, 3.05) is 74.0 Å². The molecule has 64 heavy (non-hydrogen) atoms. The number of nitriles is 1. The zero-order valence-electron chi connectivity index (χ0n) is 35.6. The first-order valence-corrected chi connectivity index (χ1v) is 22.2. The number of amides is 3. The number of carboxylic acid groups (broad SMARTS) is 1. The summed E-state index contributed by atoms with van der Waals surface area (Å²) in [6, 6.07) is 25.1. The van der Waals surface area contributed by atoms with E-state index in [2.05, 4.69) is 91.1 Å². The van der Waals surface area contributed by atoms with Crippen molar-refractivity contribution < 1.29 is 29.0 Å². The number of nitrogens with one attached hydrogen (secondary N) is 2. The Kier molecular flexibility index (Phi) is 12.5. The van der Waals surface area contributed by atoms with E-state index in [-0.39, 0.29) is 36.4 Å². The number of hydrogen-bond donors (Lipinski definition) is 3. The van der Waals surface area contributed by atoms with Gasteiger partial charge in [0.15, 0.2) is 0 Å². The number of rotatable bonds is 9. The summed E-state index contributed by atoms with van der Waals surface area (Å²) in [5.74, 6) is 1.09. The lowest BCUT2D eigenvalue weighted by Crippen LogP contribution is -2.51. The molecule has 5 aliphatic heterocycles. The number of carbonyl (C=O) groups is 4. The molecule has 5 aliphatic rings. The topological polar surface area (TPSA) is 189 Å². The summed E-state index contributed by atoms with van der Waals surface area (Å²) >= 11 is 0. The average molecular weight is 865 g/mol. The molecule has 10 rings (SSSR count). The van der Waals surface area contributed by atoms with Crippen LogP contribution in [0.15, 0.2) is 85.3 Å². The number of fused-ring (bicyclic) bond motifs is 3. The van der Waals surface area contributed by atoms with Crippen LogP contribution in [0.3, 0.4) is 0 Å². The van der Waals surface area contributed by atoms with Gasteiger partial charge in [0.2, 0.25) is 17.7 Å². The van der Waals surface area contributed by atoms with Gasteiger partial charge >= 0.3 is 0 Å². The molecule has 3 unspecified atom stereocenters. The van der Waals surface area contributed by atoms with Crippen LogP contribution in [-0.4, -0.2) is 131 Å². The van der Waals surface area contributed by atoms with E-state index in [1.807, 2.05) is 29.4 Å². The van der Waals surface area contributed by atoms with Crippen molar-refractivity contribution in [1.29, 1.82) is 5.26 Å². The zero-order valence-corrected chi connectivity index (χ0v) is 35.6. The van der Waals surface area contributed by atoms with Gasteiger partial charge in [-0.15, -0.1) is 0 Å². The smallest absolute Gasteiger partial charge is 0.290 e. The molecule has 0 spiro atoms. The molecule has 0 aliphatic carbocycles. The van der Waals surface area contributed by atoms with Crippen molar-refractivity contribution in [2.24, 2.45) is 0 Å².